The Morgan fingerprint density at radius 1 is 0.440 bits per heavy atom. The topological polar surface area (TPSA) is 32.3 Å². The number of aliphatic hydroxyl groups is 1. The van der Waals surface area contributed by atoms with E-state index in [0.717, 1.165) is 25.9 Å². The molecule has 0 saturated carbocycles. The maximum absolute atomic E-state index is 8.70. The molecule has 0 spiro atoms. The lowest BCUT2D eigenvalue weighted by molar-refractivity contribution is 0.283. The van der Waals surface area contributed by atoms with Crippen LogP contribution in [0.4, 0.5) is 0 Å². The molecule has 25 heavy (non-hydrogen) atoms. The fraction of sp³-hybridized carbons (Fsp3) is 1.00. The number of aliphatic hydroxyl groups excluding tert-OH is 1. The Bertz CT molecular complexity index is 198. The lowest BCUT2D eigenvalue weighted by Gasteiger charge is -2.05. The molecule has 0 aromatic heterocycles. The third kappa shape index (κ3) is 23.9. The summed E-state index contributed by atoms with van der Waals surface area (Å²) in [6.07, 6.45) is 26.5. The monoisotopic (exact) mass is 355 g/mol. The summed E-state index contributed by atoms with van der Waals surface area (Å²) in [6.45, 7) is 4.85. The van der Waals surface area contributed by atoms with Crippen LogP contribution in [0.25, 0.3) is 0 Å². The molecule has 0 aliphatic rings. The van der Waals surface area contributed by atoms with Crippen molar-refractivity contribution in [2.45, 2.75) is 129 Å². The highest BCUT2D eigenvalue weighted by atomic mass is 16.2. The zero-order valence-electron chi connectivity index (χ0n) is 17.5. The van der Waals surface area contributed by atoms with Crippen molar-refractivity contribution < 1.29 is 5.11 Å². The quantitative estimate of drug-likeness (QED) is 0.205. The molecule has 0 rings (SSSR count). The number of hydrogen-bond donors (Lipinski definition) is 2. The average Bonchev–Trinajstić information content (AvgIpc) is 2.63. The van der Waals surface area contributed by atoms with Gasteiger partial charge in [0.05, 0.1) is 0 Å². The summed E-state index contributed by atoms with van der Waals surface area (Å²) in [7, 11) is 0. The van der Waals surface area contributed by atoms with Crippen LogP contribution in [0.1, 0.15) is 129 Å². The van der Waals surface area contributed by atoms with Crippen LogP contribution in [-0.2, 0) is 0 Å². The van der Waals surface area contributed by atoms with Gasteiger partial charge in [0.2, 0.25) is 0 Å². The second-order valence-electron chi connectivity index (χ2n) is 7.84. The van der Waals surface area contributed by atoms with E-state index >= 15 is 0 Å². The van der Waals surface area contributed by atoms with E-state index in [0.29, 0.717) is 6.61 Å². The standard InChI is InChI=1S/C23H49NO/c1-2-3-4-5-6-7-8-9-10-11-12-13-14-15-16-17-18-21-24-22-19-20-23-25/h24-25H,2-23H2,1H3. The Morgan fingerprint density at radius 2 is 0.760 bits per heavy atom. The molecule has 0 heterocycles. The Kier molecular flexibility index (Phi) is 23.8. The van der Waals surface area contributed by atoms with Gasteiger partial charge in [-0.15, -0.1) is 0 Å². The molecule has 0 unspecified atom stereocenters. The summed E-state index contributed by atoms with van der Waals surface area (Å²) in [4.78, 5) is 0. The van der Waals surface area contributed by atoms with Gasteiger partial charge in [0.15, 0.2) is 0 Å². The molecule has 0 saturated heterocycles. The van der Waals surface area contributed by atoms with Crippen molar-refractivity contribution in [1.29, 1.82) is 0 Å². The van der Waals surface area contributed by atoms with Crippen LogP contribution < -0.4 is 5.32 Å². The molecule has 2 N–H and O–H groups in total. The van der Waals surface area contributed by atoms with Crippen LogP contribution in [0.5, 0.6) is 0 Å². The number of hydrogen-bond acceptors (Lipinski definition) is 2. The SMILES string of the molecule is CCCCCCCCCCCCCCCCCCCNCCCCO. The first-order valence-electron chi connectivity index (χ1n) is 11.7. The second-order valence-corrected chi connectivity index (χ2v) is 7.84. The Balaban J connectivity index is 2.94. The Labute approximate surface area is 159 Å². The highest BCUT2D eigenvalue weighted by molar-refractivity contribution is 4.52. The van der Waals surface area contributed by atoms with Crippen LogP contribution in [0.3, 0.4) is 0 Å². The minimum atomic E-state index is 0.334. The molecule has 0 radical (unpaired) electrons. The molecule has 0 aromatic carbocycles. The minimum absolute atomic E-state index is 0.334. The van der Waals surface area contributed by atoms with E-state index in [1.807, 2.05) is 0 Å². The molecule has 0 atom stereocenters. The molecule has 0 bridgehead atoms. The zero-order chi connectivity index (χ0) is 18.3. The van der Waals surface area contributed by atoms with E-state index in [-0.39, 0.29) is 0 Å². The van der Waals surface area contributed by atoms with Crippen molar-refractivity contribution in [3.63, 3.8) is 0 Å². The van der Waals surface area contributed by atoms with Crippen LogP contribution >= 0.6 is 0 Å². The van der Waals surface area contributed by atoms with Crippen LogP contribution in [0.15, 0.2) is 0 Å². The maximum atomic E-state index is 8.70. The summed E-state index contributed by atoms with van der Waals surface area (Å²) < 4.78 is 0. The molecule has 0 fully saturated rings. The average molecular weight is 356 g/mol. The molecule has 0 aliphatic carbocycles. The molecule has 0 amide bonds. The molecule has 152 valence electrons. The van der Waals surface area contributed by atoms with Crippen molar-refractivity contribution >= 4 is 0 Å². The largest absolute Gasteiger partial charge is 0.396 e. The second kappa shape index (κ2) is 23.9. The van der Waals surface area contributed by atoms with Crippen LogP contribution in [0, 0.1) is 0 Å². The molecule has 0 aliphatic heterocycles. The fourth-order valence-corrected chi connectivity index (χ4v) is 3.46. The van der Waals surface area contributed by atoms with Crippen molar-refractivity contribution in [2.24, 2.45) is 0 Å². The van der Waals surface area contributed by atoms with E-state index < -0.39 is 0 Å². The summed E-state index contributed by atoms with van der Waals surface area (Å²) in [5.74, 6) is 0. The first-order valence-corrected chi connectivity index (χ1v) is 11.7. The van der Waals surface area contributed by atoms with E-state index in [2.05, 4.69) is 12.2 Å². The van der Waals surface area contributed by atoms with Crippen LogP contribution in [-0.4, -0.2) is 24.8 Å². The highest BCUT2D eigenvalue weighted by Gasteiger charge is 1.95. The van der Waals surface area contributed by atoms with Crippen molar-refractivity contribution in [2.75, 3.05) is 19.7 Å². The predicted octanol–water partition coefficient (Wildman–Crippen LogP) is 7.00. The van der Waals surface area contributed by atoms with Gasteiger partial charge in [0, 0.05) is 6.61 Å². The highest BCUT2D eigenvalue weighted by Crippen LogP contribution is 2.13. The number of rotatable bonds is 22. The molecule has 2 nitrogen and oxygen atoms in total. The smallest absolute Gasteiger partial charge is 0.0431 e. The number of nitrogens with one attached hydrogen (secondary N) is 1. The first kappa shape index (κ1) is 24.9. The maximum Gasteiger partial charge on any atom is 0.0431 e. The van der Waals surface area contributed by atoms with Gasteiger partial charge < -0.3 is 10.4 Å². The minimum Gasteiger partial charge on any atom is -0.396 e. The van der Waals surface area contributed by atoms with E-state index in [1.54, 1.807) is 0 Å². The van der Waals surface area contributed by atoms with Crippen molar-refractivity contribution in [3.8, 4) is 0 Å². The summed E-state index contributed by atoms with van der Waals surface area (Å²) >= 11 is 0. The lowest BCUT2D eigenvalue weighted by Crippen LogP contribution is -2.16. The van der Waals surface area contributed by atoms with Gasteiger partial charge in [-0.2, -0.15) is 0 Å². The molecule has 2 heteroatoms. The third-order valence-electron chi connectivity index (χ3n) is 5.22. The summed E-state index contributed by atoms with van der Waals surface area (Å²) in [5, 5.41) is 12.2. The van der Waals surface area contributed by atoms with Gasteiger partial charge in [-0.3, -0.25) is 0 Å². The predicted molar refractivity (Wildman–Crippen MR) is 113 cm³/mol. The van der Waals surface area contributed by atoms with E-state index in [1.165, 1.54) is 109 Å². The Morgan fingerprint density at radius 3 is 1.12 bits per heavy atom. The molecule has 0 aromatic rings. The van der Waals surface area contributed by atoms with Gasteiger partial charge in [-0.05, 0) is 32.4 Å². The van der Waals surface area contributed by atoms with Gasteiger partial charge in [0.1, 0.15) is 0 Å². The van der Waals surface area contributed by atoms with Gasteiger partial charge >= 0.3 is 0 Å². The van der Waals surface area contributed by atoms with Crippen LogP contribution in [0.2, 0.25) is 0 Å². The number of unbranched alkanes of at least 4 members (excludes halogenated alkanes) is 17. The van der Waals surface area contributed by atoms with Gasteiger partial charge in [0.25, 0.3) is 0 Å². The summed E-state index contributed by atoms with van der Waals surface area (Å²) in [6, 6.07) is 0. The van der Waals surface area contributed by atoms with Gasteiger partial charge in [-0.25, -0.2) is 0 Å². The van der Waals surface area contributed by atoms with Crippen molar-refractivity contribution in [1.82, 2.24) is 5.32 Å². The third-order valence-corrected chi connectivity index (χ3v) is 5.22. The summed E-state index contributed by atoms with van der Waals surface area (Å²) in [5.41, 5.74) is 0. The fourth-order valence-electron chi connectivity index (χ4n) is 3.46. The van der Waals surface area contributed by atoms with Gasteiger partial charge in [-0.1, -0.05) is 110 Å². The van der Waals surface area contributed by atoms with E-state index in [9.17, 15) is 0 Å². The van der Waals surface area contributed by atoms with Crippen molar-refractivity contribution in [3.05, 3.63) is 0 Å². The molecular formula is C23H49NO. The normalized spacial score (nSPS) is 11.3. The molecular weight excluding hydrogens is 306 g/mol. The zero-order valence-corrected chi connectivity index (χ0v) is 17.5. The van der Waals surface area contributed by atoms with E-state index in [4.69, 9.17) is 5.11 Å². The Hall–Kier alpha value is -0.0800. The first-order chi connectivity index (χ1) is 12.4. The lowest BCUT2D eigenvalue weighted by atomic mass is 10.0.